The first-order valence-corrected chi connectivity index (χ1v) is 11.0. The van der Waals surface area contributed by atoms with Crippen molar-refractivity contribution >= 4 is 5.91 Å². The van der Waals surface area contributed by atoms with Gasteiger partial charge in [-0.15, -0.1) is 0 Å². The molecule has 0 saturated heterocycles. The number of nitrogens with two attached hydrogens (primary N) is 1. The number of hydrogen-bond donors (Lipinski definition) is 1. The molecule has 0 aliphatic heterocycles. The molecule has 0 radical (unpaired) electrons. The van der Waals surface area contributed by atoms with Crippen LogP contribution in [0.2, 0.25) is 0 Å². The summed E-state index contributed by atoms with van der Waals surface area (Å²) in [6, 6.07) is 12.4. The third kappa shape index (κ3) is 6.69. The molecular formula is C25H30F2N4O2. The molecule has 6 nitrogen and oxygen atoms in total. The fraction of sp³-hybridized carbons (Fsp3) is 0.360. The van der Waals surface area contributed by atoms with E-state index in [1.807, 2.05) is 23.8 Å². The molecule has 3 rings (SSSR count). The quantitative estimate of drug-likeness (QED) is 0.478. The van der Waals surface area contributed by atoms with E-state index in [1.165, 1.54) is 31.4 Å². The largest absolute Gasteiger partial charge is 0.375 e. The van der Waals surface area contributed by atoms with Gasteiger partial charge in [-0.25, -0.2) is 13.8 Å². The average molecular weight is 457 g/mol. The smallest absolute Gasteiger partial charge is 0.248 e. The van der Waals surface area contributed by atoms with Crippen molar-refractivity contribution in [1.82, 2.24) is 14.5 Å². The Balaban J connectivity index is 1.92. The SMILES string of the molecule is COCC(=O)N(CCCN)C(C)Cc1nc(-c2cccc(F)c2)cn1Cc1cccc(F)c1. The maximum absolute atomic E-state index is 13.8. The minimum absolute atomic E-state index is 0.0127. The van der Waals surface area contributed by atoms with Gasteiger partial charge in [-0.2, -0.15) is 0 Å². The molecule has 1 atom stereocenters. The zero-order valence-electron chi connectivity index (χ0n) is 19.0. The molecule has 176 valence electrons. The lowest BCUT2D eigenvalue weighted by molar-refractivity contribution is -0.137. The molecule has 1 aromatic heterocycles. The number of benzene rings is 2. The maximum Gasteiger partial charge on any atom is 0.248 e. The first kappa shape index (κ1) is 24.5. The van der Waals surface area contributed by atoms with E-state index in [0.29, 0.717) is 49.6 Å². The lowest BCUT2D eigenvalue weighted by atomic mass is 10.1. The van der Waals surface area contributed by atoms with E-state index < -0.39 is 0 Å². The molecule has 3 aromatic rings. The third-order valence-corrected chi connectivity index (χ3v) is 5.42. The van der Waals surface area contributed by atoms with E-state index in [9.17, 15) is 13.6 Å². The van der Waals surface area contributed by atoms with Crippen LogP contribution in [0.1, 0.15) is 24.7 Å². The first-order valence-electron chi connectivity index (χ1n) is 11.0. The van der Waals surface area contributed by atoms with Crippen LogP contribution in [0.5, 0.6) is 0 Å². The number of imidazole rings is 1. The molecule has 8 heteroatoms. The number of ether oxygens (including phenoxy) is 1. The highest BCUT2D eigenvalue weighted by molar-refractivity contribution is 5.77. The van der Waals surface area contributed by atoms with Crippen molar-refractivity contribution in [3.63, 3.8) is 0 Å². The van der Waals surface area contributed by atoms with Gasteiger partial charge in [0.1, 0.15) is 24.1 Å². The molecule has 1 unspecified atom stereocenters. The Morgan fingerprint density at radius 2 is 1.91 bits per heavy atom. The number of hydrogen-bond acceptors (Lipinski definition) is 4. The molecule has 33 heavy (non-hydrogen) atoms. The van der Waals surface area contributed by atoms with Gasteiger partial charge >= 0.3 is 0 Å². The molecule has 2 aromatic carbocycles. The van der Waals surface area contributed by atoms with Crippen molar-refractivity contribution in [2.75, 3.05) is 26.8 Å². The first-order chi connectivity index (χ1) is 15.9. The highest BCUT2D eigenvalue weighted by Gasteiger charge is 2.22. The monoisotopic (exact) mass is 456 g/mol. The molecule has 0 bridgehead atoms. The molecule has 0 spiro atoms. The molecule has 0 saturated carbocycles. The number of carbonyl (C=O) groups is 1. The Labute approximate surface area is 193 Å². The summed E-state index contributed by atoms with van der Waals surface area (Å²) in [5, 5.41) is 0. The van der Waals surface area contributed by atoms with Crippen LogP contribution < -0.4 is 5.73 Å². The summed E-state index contributed by atoms with van der Waals surface area (Å²) in [7, 11) is 1.49. The summed E-state index contributed by atoms with van der Waals surface area (Å²) >= 11 is 0. The fourth-order valence-corrected chi connectivity index (χ4v) is 3.81. The van der Waals surface area contributed by atoms with Crippen LogP contribution in [0, 0.1) is 11.6 Å². The predicted molar refractivity (Wildman–Crippen MR) is 124 cm³/mol. The Morgan fingerprint density at radius 3 is 2.58 bits per heavy atom. The second-order valence-electron chi connectivity index (χ2n) is 8.03. The van der Waals surface area contributed by atoms with Gasteiger partial charge in [-0.05, 0) is 49.7 Å². The Bertz CT molecular complexity index is 1070. The van der Waals surface area contributed by atoms with Crippen LogP contribution in [-0.4, -0.2) is 53.2 Å². The van der Waals surface area contributed by atoms with Crippen molar-refractivity contribution in [3.8, 4) is 11.3 Å². The van der Waals surface area contributed by atoms with E-state index in [0.717, 1.165) is 5.56 Å². The van der Waals surface area contributed by atoms with Crippen LogP contribution in [0.3, 0.4) is 0 Å². The summed E-state index contributed by atoms with van der Waals surface area (Å²) in [5.41, 5.74) is 7.70. The van der Waals surface area contributed by atoms with Crippen LogP contribution >= 0.6 is 0 Å². The number of aromatic nitrogens is 2. The minimum atomic E-state index is -0.347. The molecule has 0 fully saturated rings. The Hall–Kier alpha value is -3.10. The highest BCUT2D eigenvalue weighted by Crippen LogP contribution is 2.22. The number of rotatable bonds is 11. The second kappa shape index (κ2) is 11.7. The van der Waals surface area contributed by atoms with E-state index in [1.54, 1.807) is 23.1 Å². The lowest BCUT2D eigenvalue weighted by Crippen LogP contribution is -2.43. The third-order valence-electron chi connectivity index (χ3n) is 5.42. The van der Waals surface area contributed by atoms with E-state index in [2.05, 4.69) is 0 Å². The van der Waals surface area contributed by atoms with Gasteiger partial charge in [0.05, 0.1) is 5.69 Å². The molecule has 1 amide bonds. The van der Waals surface area contributed by atoms with Crippen molar-refractivity contribution in [2.24, 2.45) is 5.73 Å². The van der Waals surface area contributed by atoms with Crippen molar-refractivity contribution < 1.29 is 18.3 Å². The van der Waals surface area contributed by atoms with Crippen LogP contribution in [0.15, 0.2) is 54.7 Å². The van der Waals surface area contributed by atoms with E-state index >= 15 is 0 Å². The molecule has 0 aliphatic rings. The maximum atomic E-state index is 13.8. The zero-order valence-corrected chi connectivity index (χ0v) is 19.0. The number of amides is 1. The zero-order chi connectivity index (χ0) is 23.8. The molecule has 0 aliphatic carbocycles. The lowest BCUT2D eigenvalue weighted by Gasteiger charge is -2.29. The van der Waals surface area contributed by atoms with Gasteiger partial charge in [-0.3, -0.25) is 4.79 Å². The summed E-state index contributed by atoms with van der Waals surface area (Å²) < 4.78 is 34.5. The average Bonchev–Trinajstić information content (AvgIpc) is 3.16. The minimum Gasteiger partial charge on any atom is -0.375 e. The molecule has 1 heterocycles. The van der Waals surface area contributed by atoms with Crippen molar-refractivity contribution in [2.45, 2.75) is 32.4 Å². The molecular weight excluding hydrogens is 426 g/mol. The van der Waals surface area contributed by atoms with Gasteiger partial charge in [-0.1, -0.05) is 24.3 Å². The van der Waals surface area contributed by atoms with Gasteiger partial charge in [0.15, 0.2) is 0 Å². The van der Waals surface area contributed by atoms with Gasteiger partial charge in [0, 0.05) is 44.4 Å². The van der Waals surface area contributed by atoms with Gasteiger partial charge < -0.3 is 19.9 Å². The number of methoxy groups -OCH3 is 1. The summed E-state index contributed by atoms with van der Waals surface area (Å²) in [6.07, 6.45) is 2.97. The van der Waals surface area contributed by atoms with Crippen molar-refractivity contribution in [1.29, 1.82) is 0 Å². The summed E-state index contributed by atoms with van der Waals surface area (Å²) in [5.74, 6) is -0.0627. The number of carbonyl (C=O) groups excluding carboxylic acids is 1. The highest BCUT2D eigenvalue weighted by atomic mass is 19.1. The Kier molecular flexibility index (Phi) is 8.68. The Morgan fingerprint density at radius 1 is 1.18 bits per heavy atom. The van der Waals surface area contributed by atoms with Gasteiger partial charge in [0.2, 0.25) is 5.91 Å². The van der Waals surface area contributed by atoms with Crippen LogP contribution in [0.25, 0.3) is 11.3 Å². The summed E-state index contributed by atoms with van der Waals surface area (Å²) in [6.45, 7) is 3.33. The number of nitrogens with zero attached hydrogens (tertiary/aromatic N) is 3. The second-order valence-corrected chi connectivity index (χ2v) is 8.03. The normalized spacial score (nSPS) is 12.0. The van der Waals surface area contributed by atoms with Crippen LogP contribution in [-0.2, 0) is 22.5 Å². The fourth-order valence-electron chi connectivity index (χ4n) is 3.81. The topological polar surface area (TPSA) is 73.4 Å². The molecule has 2 N–H and O–H groups in total. The number of halogens is 2. The van der Waals surface area contributed by atoms with E-state index in [4.69, 9.17) is 15.5 Å². The van der Waals surface area contributed by atoms with E-state index in [-0.39, 0.29) is 30.2 Å². The van der Waals surface area contributed by atoms with Crippen LogP contribution in [0.4, 0.5) is 8.78 Å². The predicted octanol–water partition coefficient (Wildman–Crippen LogP) is 3.63. The van der Waals surface area contributed by atoms with Crippen molar-refractivity contribution in [3.05, 3.63) is 77.8 Å². The summed E-state index contributed by atoms with van der Waals surface area (Å²) in [4.78, 5) is 19.1. The van der Waals surface area contributed by atoms with Gasteiger partial charge in [0.25, 0.3) is 0 Å². The standard InChI is InChI=1S/C25H30F2N4O2/c1-18(31(11-5-10-28)25(32)17-33-2)12-24-29-23(20-7-4-9-22(27)14-20)16-30(24)15-19-6-3-8-21(26)13-19/h3-4,6-9,13-14,16,18H,5,10-12,15,17,28H2,1-2H3.